The Bertz CT molecular complexity index is 2470. The van der Waals surface area contributed by atoms with E-state index in [0.29, 0.717) is 12.8 Å². The Morgan fingerprint density at radius 1 is 0.352 bits per heavy atom. The molecule has 0 saturated carbocycles. The normalized spacial score (nSPS) is 26.6. The summed E-state index contributed by atoms with van der Waals surface area (Å²) in [6, 6.07) is -1.03. The number of ether oxygens (including phenoxy) is 6. The molecule has 3 aliphatic rings. The van der Waals surface area contributed by atoms with Crippen LogP contribution in [-0.4, -0.2) is 193 Å². The van der Waals surface area contributed by atoms with E-state index in [-0.39, 0.29) is 12.3 Å². The lowest BCUT2D eigenvalue weighted by atomic mass is 9.96. The number of amides is 1. The van der Waals surface area contributed by atoms with Gasteiger partial charge in [-0.15, -0.1) is 0 Å². The fourth-order valence-corrected chi connectivity index (χ4v) is 12.6. The minimum Gasteiger partial charge on any atom is -0.394 e. The lowest BCUT2D eigenvalue weighted by molar-refractivity contribution is -0.379. The Morgan fingerprint density at radius 2 is 0.667 bits per heavy atom. The highest BCUT2D eigenvalue weighted by Crippen LogP contribution is 2.33. The van der Waals surface area contributed by atoms with Crippen molar-refractivity contribution in [1.82, 2.24) is 5.32 Å². The van der Waals surface area contributed by atoms with Gasteiger partial charge in [0, 0.05) is 6.42 Å². The number of aliphatic hydroxyl groups is 11. The van der Waals surface area contributed by atoms with E-state index in [4.69, 9.17) is 28.4 Å². The van der Waals surface area contributed by atoms with Gasteiger partial charge >= 0.3 is 0 Å². The van der Waals surface area contributed by atoms with E-state index >= 15 is 0 Å². The summed E-state index contributed by atoms with van der Waals surface area (Å²) in [7, 11) is 0. The summed E-state index contributed by atoms with van der Waals surface area (Å²) >= 11 is 0. The van der Waals surface area contributed by atoms with Crippen LogP contribution in [0, 0.1) is 0 Å². The number of hydrogen-bond donors (Lipinski definition) is 12. The van der Waals surface area contributed by atoms with Crippen molar-refractivity contribution in [3.8, 4) is 0 Å². The van der Waals surface area contributed by atoms with Crippen molar-refractivity contribution in [2.45, 2.75) is 362 Å². The average molecular weight is 1480 g/mol. The van der Waals surface area contributed by atoms with Gasteiger partial charge in [0.25, 0.3) is 0 Å². The van der Waals surface area contributed by atoms with Gasteiger partial charge in [-0.3, -0.25) is 4.79 Å². The number of carbonyl (C=O) groups is 1. The Hall–Kier alpha value is -4.33. The summed E-state index contributed by atoms with van der Waals surface area (Å²) in [5.41, 5.74) is 0. The predicted molar refractivity (Wildman–Crippen MR) is 419 cm³/mol. The van der Waals surface area contributed by atoms with E-state index in [1.807, 2.05) is 6.08 Å². The fourth-order valence-electron chi connectivity index (χ4n) is 12.6. The van der Waals surface area contributed by atoms with Crippen LogP contribution < -0.4 is 5.32 Å². The van der Waals surface area contributed by atoms with Gasteiger partial charge in [-0.25, -0.2) is 0 Å². The van der Waals surface area contributed by atoms with Crippen molar-refractivity contribution in [1.29, 1.82) is 0 Å². The average Bonchev–Trinajstić information content (AvgIpc) is 0.781. The highest BCUT2D eigenvalue weighted by Gasteiger charge is 2.54. The monoisotopic (exact) mass is 1480 g/mol. The molecule has 17 unspecified atom stereocenters. The van der Waals surface area contributed by atoms with Gasteiger partial charge in [-0.05, 0) is 116 Å². The van der Waals surface area contributed by atoms with Gasteiger partial charge in [0.2, 0.25) is 5.91 Å². The fraction of sp³-hybridized carbons (Fsp3) is 0.709. The van der Waals surface area contributed by atoms with Gasteiger partial charge < -0.3 is 89.9 Å². The number of nitrogens with one attached hydrogen (secondary N) is 1. The van der Waals surface area contributed by atoms with Crippen molar-refractivity contribution in [2.24, 2.45) is 0 Å². The number of aliphatic hydroxyl groups excluding tert-OH is 11. The Morgan fingerprint density at radius 3 is 1.07 bits per heavy atom. The Labute approximate surface area is 632 Å². The predicted octanol–water partition coefficient (Wildman–Crippen LogP) is 13.8. The molecule has 1 amide bonds. The van der Waals surface area contributed by atoms with Crippen LogP contribution in [0.1, 0.15) is 258 Å². The summed E-state index contributed by atoms with van der Waals surface area (Å²) in [4.78, 5) is 13.5. The van der Waals surface area contributed by atoms with Crippen molar-refractivity contribution in [2.75, 3.05) is 26.4 Å². The lowest BCUT2D eigenvalue weighted by Crippen LogP contribution is -2.66. The van der Waals surface area contributed by atoms with Crippen LogP contribution in [0.5, 0.6) is 0 Å². The molecule has 3 fully saturated rings. The highest BCUT2D eigenvalue weighted by atomic mass is 16.8. The molecule has 0 aromatic rings. The molecule has 0 bridgehead atoms. The minimum atomic E-state index is -2.00. The van der Waals surface area contributed by atoms with Crippen LogP contribution in [0.3, 0.4) is 0 Å². The number of carbonyl (C=O) groups excluding carboxylic acids is 1. The molecule has 17 atom stereocenters. The van der Waals surface area contributed by atoms with Crippen LogP contribution in [0.4, 0.5) is 0 Å². The van der Waals surface area contributed by atoms with E-state index in [1.165, 1.54) is 122 Å². The van der Waals surface area contributed by atoms with E-state index in [0.717, 1.165) is 103 Å². The Kier molecular flexibility index (Phi) is 58.3. The molecule has 3 aliphatic heterocycles. The lowest BCUT2D eigenvalue weighted by Gasteiger charge is -2.48. The SMILES string of the molecule is CC/C=C\C/C=C\C/C=C\C/C=C\C/C=C\C/C=C\C/C=C\C/C=C\C/C=C\CCCCCC(=O)NC(COC1OC(CO)C(OC2OC(CO)C(OC3OC(CO)C(O)C(O)C3O)C(O)C2O)C(O)C1O)C(O)/C=C/CC/C=C/CC/C=C/CCCCCCCCCCCCCCCCCCCCC. The standard InChI is InChI=1S/C86H143NO18/c1-3-5-7-9-11-13-15-17-19-21-23-25-27-29-31-33-34-36-38-40-42-44-46-48-50-52-54-56-58-60-62-64-74(92)87-69(70(91)63-61-59-57-55-53-51-49-47-45-43-41-39-37-35-32-30-28-26-24-22-20-18-16-14-12-10-8-6-4-2)68-100-84-80(98)77(95)82(72(66-89)102-84)105-86-81(99)78(96)83(73(67-90)103-86)104-85-79(97)76(94)75(93)71(65-88)101-85/h5,7,11,13,17,19,23,25,29,31,34,36,40,42,45-48,52-55,61,63,69-73,75-86,88-91,93-99H,3-4,6,8-10,12,14-16,18,20-22,24,26-28,30,32-33,35,37-39,41,43-44,49-51,56-60,62,64-68H2,1-2H3,(H,87,92)/b7-5-,13-11-,19-17-,25-23-,31-29-,36-34-,42-40-,47-45+,48-46-,54-52-,55-53+,63-61+. The topological polar surface area (TPSA) is 307 Å². The smallest absolute Gasteiger partial charge is 0.220 e. The summed E-state index contributed by atoms with van der Waals surface area (Å²) in [5.74, 6) is -0.326. The summed E-state index contributed by atoms with van der Waals surface area (Å²) in [6.07, 6.45) is 66.9. The molecule has 0 aromatic heterocycles. The number of hydrogen-bond acceptors (Lipinski definition) is 18. The van der Waals surface area contributed by atoms with Crippen LogP contribution in [0.15, 0.2) is 146 Å². The van der Waals surface area contributed by atoms with E-state index in [2.05, 4.69) is 153 Å². The first-order valence-electron chi connectivity index (χ1n) is 40.6. The van der Waals surface area contributed by atoms with Gasteiger partial charge in [0.15, 0.2) is 18.9 Å². The second-order valence-corrected chi connectivity index (χ2v) is 28.1. The number of rotatable bonds is 62. The molecule has 105 heavy (non-hydrogen) atoms. The minimum absolute atomic E-state index is 0.182. The molecule has 0 aromatic carbocycles. The van der Waals surface area contributed by atoms with Gasteiger partial charge in [-0.2, -0.15) is 0 Å². The van der Waals surface area contributed by atoms with E-state index in [9.17, 15) is 61.0 Å². The molecule has 0 spiro atoms. The molecule has 3 heterocycles. The van der Waals surface area contributed by atoms with Crippen LogP contribution >= 0.6 is 0 Å². The van der Waals surface area contributed by atoms with Crippen molar-refractivity contribution >= 4 is 5.91 Å². The quantitative estimate of drug-likeness (QED) is 0.0199. The van der Waals surface area contributed by atoms with Gasteiger partial charge in [0.05, 0.1) is 38.6 Å². The first-order valence-corrected chi connectivity index (χ1v) is 40.6. The van der Waals surface area contributed by atoms with Crippen LogP contribution in [0.25, 0.3) is 0 Å². The van der Waals surface area contributed by atoms with Gasteiger partial charge in [-0.1, -0.05) is 282 Å². The molecule has 0 radical (unpaired) electrons. The molecular formula is C86H143NO18. The summed E-state index contributed by atoms with van der Waals surface area (Å²) in [6.45, 7) is 1.57. The zero-order chi connectivity index (χ0) is 76.0. The third-order valence-electron chi connectivity index (χ3n) is 19.1. The van der Waals surface area contributed by atoms with E-state index < -0.39 is 131 Å². The molecule has 600 valence electrons. The highest BCUT2D eigenvalue weighted by molar-refractivity contribution is 5.76. The third kappa shape index (κ3) is 44.2. The van der Waals surface area contributed by atoms with Gasteiger partial charge in [0.1, 0.15) is 73.2 Å². The molecule has 19 heteroatoms. The second kappa shape index (κ2) is 64.5. The summed E-state index contributed by atoms with van der Waals surface area (Å²) < 4.78 is 34.4. The van der Waals surface area contributed by atoms with Crippen molar-refractivity contribution in [3.63, 3.8) is 0 Å². The van der Waals surface area contributed by atoms with Crippen LogP contribution in [-0.2, 0) is 33.2 Å². The molecule has 3 saturated heterocycles. The maximum Gasteiger partial charge on any atom is 0.220 e. The van der Waals surface area contributed by atoms with E-state index in [1.54, 1.807) is 6.08 Å². The zero-order valence-corrected chi connectivity index (χ0v) is 64.1. The second-order valence-electron chi connectivity index (χ2n) is 28.1. The number of allylic oxidation sites excluding steroid dienone is 23. The van der Waals surface area contributed by atoms with Crippen molar-refractivity contribution < 1.29 is 89.4 Å². The molecular weight excluding hydrogens is 1330 g/mol. The molecule has 0 aliphatic carbocycles. The molecule has 12 N–H and O–H groups in total. The molecule has 3 rings (SSSR count). The first kappa shape index (κ1) is 94.9. The Balaban J connectivity index is 1.42. The third-order valence-corrected chi connectivity index (χ3v) is 19.1. The largest absolute Gasteiger partial charge is 0.394 e. The van der Waals surface area contributed by atoms with Crippen molar-refractivity contribution in [3.05, 3.63) is 146 Å². The molecule has 19 nitrogen and oxygen atoms in total. The zero-order valence-electron chi connectivity index (χ0n) is 64.1. The maximum atomic E-state index is 13.5. The number of unbranched alkanes of at least 4 members (excludes halogenated alkanes) is 24. The van der Waals surface area contributed by atoms with Crippen LogP contribution in [0.2, 0.25) is 0 Å². The summed E-state index contributed by atoms with van der Waals surface area (Å²) in [5, 5.41) is 121. The maximum absolute atomic E-state index is 13.5. The first-order chi connectivity index (χ1) is 51.3.